The highest BCUT2D eigenvalue weighted by atomic mass is 32.1. The van der Waals surface area contributed by atoms with Crippen LogP contribution in [0.3, 0.4) is 0 Å². The van der Waals surface area contributed by atoms with Gasteiger partial charge in [-0.1, -0.05) is 49.6 Å². The van der Waals surface area contributed by atoms with E-state index in [0.29, 0.717) is 6.42 Å². The van der Waals surface area contributed by atoms with Crippen LogP contribution in [0, 0.1) is 0 Å². The van der Waals surface area contributed by atoms with Crippen molar-refractivity contribution in [2.45, 2.75) is 45.1 Å². The molecule has 0 saturated carbocycles. The largest absolute Gasteiger partial charge is 0.325 e. The lowest BCUT2D eigenvalue weighted by molar-refractivity contribution is -0.696. The third-order valence-electron chi connectivity index (χ3n) is 5.00. The van der Waals surface area contributed by atoms with Crippen LogP contribution < -0.4 is 4.57 Å². The highest BCUT2D eigenvalue weighted by Crippen LogP contribution is 2.35. The average molecular weight is 431 g/mol. The molecule has 2 heterocycles. The molecule has 154 valence electrons. The number of rotatable bonds is 11. The van der Waals surface area contributed by atoms with Gasteiger partial charge >= 0.3 is 7.60 Å². The van der Waals surface area contributed by atoms with E-state index in [2.05, 4.69) is 70.9 Å². The summed E-state index contributed by atoms with van der Waals surface area (Å²) in [6, 6.07) is 17.2. The van der Waals surface area contributed by atoms with Gasteiger partial charge in [0.2, 0.25) is 0 Å². The molecular formula is C23H29NO3PS+. The summed E-state index contributed by atoms with van der Waals surface area (Å²) in [7, 11) is -3.82. The Morgan fingerprint density at radius 2 is 1.48 bits per heavy atom. The van der Waals surface area contributed by atoms with Crippen molar-refractivity contribution in [1.82, 2.24) is 0 Å². The smallest absolute Gasteiger partial charge is 0.324 e. The summed E-state index contributed by atoms with van der Waals surface area (Å²) in [5, 5.41) is 2.10. The maximum absolute atomic E-state index is 10.8. The van der Waals surface area contributed by atoms with Gasteiger partial charge in [0.05, 0.1) is 0 Å². The Kier molecular flexibility index (Phi) is 8.19. The summed E-state index contributed by atoms with van der Waals surface area (Å²) in [4.78, 5) is 19.0. The zero-order chi connectivity index (χ0) is 20.5. The predicted molar refractivity (Wildman–Crippen MR) is 120 cm³/mol. The number of hydrogen-bond acceptors (Lipinski definition) is 2. The van der Waals surface area contributed by atoms with E-state index >= 15 is 0 Å². The molecule has 1 aromatic carbocycles. The Labute approximate surface area is 177 Å². The molecule has 0 spiro atoms. The molecule has 0 unspecified atom stereocenters. The van der Waals surface area contributed by atoms with Crippen LogP contribution in [0.5, 0.6) is 0 Å². The minimum Gasteiger partial charge on any atom is -0.324 e. The van der Waals surface area contributed by atoms with Gasteiger partial charge in [-0.3, -0.25) is 4.57 Å². The second-order valence-corrected chi connectivity index (χ2v) is 10.1. The van der Waals surface area contributed by atoms with E-state index in [1.807, 2.05) is 0 Å². The molecule has 0 aliphatic rings. The van der Waals surface area contributed by atoms with Crippen molar-refractivity contribution in [3.05, 3.63) is 66.3 Å². The average Bonchev–Trinajstić information content (AvgIpc) is 3.24. The summed E-state index contributed by atoms with van der Waals surface area (Å²) in [5.74, 6) is 0. The van der Waals surface area contributed by atoms with Crippen molar-refractivity contribution >= 4 is 18.9 Å². The van der Waals surface area contributed by atoms with Gasteiger partial charge in [0.1, 0.15) is 6.54 Å². The third-order valence-corrected chi connectivity index (χ3v) is 6.82. The second-order valence-electron chi connectivity index (χ2n) is 7.39. The maximum Gasteiger partial charge on any atom is 0.325 e. The van der Waals surface area contributed by atoms with E-state index in [-0.39, 0.29) is 6.16 Å². The number of benzene rings is 1. The Balaban J connectivity index is 1.43. The summed E-state index contributed by atoms with van der Waals surface area (Å²) in [6.07, 6.45) is 10.3. The van der Waals surface area contributed by atoms with Gasteiger partial charge in [-0.2, -0.15) is 0 Å². The van der Waals surface area contributed by atoms with E-state index in [4.69, 9.17) is 9.79 Å². The first-order valence-electron chi connectivity index (χ1n) is 10.2. The van der Waals surface area contributed by atoms with Crippen molar-refractivity contribution in [1.29, 1.82) is 0 Å². The van der Waals surface area contributed by atoms with Crippen molar-refractivity contribution < 1.29 is 18.9 Å². The molecule has 6 heteroatoms. The van der Waals surface area contributed by atoms with Crippen LogP contribution in [0.1, 0.15) is 38.5 Å². The molecule has 0 bridgehead atoms. The van der Waals surface area contributed by atoms with Crippen LogP contribution in [0.15, 0.2) is 66.3 Å². The number of thiophene rings is 1. The van der Waals surface area contributed by atoms with Crippen LogP contribution >= 0.6 is 18.9 Å². The van der Waals surface area contributed by atoms with Gasteiger partial charge in [0, 0.05) is 29.1 Å². The summed E-state index contributed by atoms with van der Waals surface area (Å²) in [5.41, 5.74) is 3.71. The molecule has 4 nitrogen and oxygen atoms in total. The van der Waals surface area contributed by atoms with Gasteiger partial charge in [0.25, 0.3) is 0 Å². The van der Waals surface area contributed by atoms with Crippen molar-refractivity contribution in [3.63, 3.8) is 0 Å². The highest BCUT2D eigenvalue weighted by Gasteiger charge is 2.11. The van der Waals surface area contributed by atoms with E-state index in [1.165, 1.54) is 21.6 Å². The molecule has 0 saturated heterocycles. The molecule has 0 aliphatic carbocycles. The molecule has 2 N–H and O–H groups in total. The number of aryl methyl sites for hydroxylation is 1. The molecule has 0 aliphatic heterocycles. The molecule has 0 radical (unpaired) electrons. The van der Waals surface area contributed by atoms with Crippen LogP contribution in [-0.4, -0.2) is 15.9 Å². The first-order valence-corrected chi connectivity index (χ1v) is 12.9. The topological polar surface area (TPSA) is 61.4 Å². The van der Waals surface area contributed by atoms with Gasteiger partial charge in [-0.05, 0) is 41.5 Å². The number of pyridine rings is 1. The number of nitrogens with zero attached hydrogens (tertiary/aromatic N) is 1. The van der Waals surface area contributed by atoms with Crippen molar-refractivity contribution in [3.8, 4) is 21.6 Å². The summed E-state index contributed by atoms with van der Waals surface area (Å²) in [6.45, 7) is 0.990. The third kappa shape index (κ3) is 7.52. The monoisotopic (exact) mass is 430 g/mol. The lowest BCUT2D eigenvalue weighted by Crippen LogP contribution is -2.32. The molecule has 3 aromatic rings. The molecule has 2 aromatic heterocycles. The molecule has 29 heavy (non-hydrogen) atoms. The predicted octanol–water partition coefficient (Wildman–Crippen LogP) is 5.89. The van der Waals surface area contributed by atoms with Gasteiger partial charge < -0.3 is 9.79 Å². The number of unbranched alkanes of at least 4 members (excludes halogenated alkanes) is 5. The maximum atomic E-state index is 10.8. The molecule has 0 atom stereocenters. The zero-order valence-electron chi connectivity index (χ0n) is 16.6. The number of aromatic nitrogens is 1. The van der Waals surface area contributed by atoms with E-state index in [0.717, 1.165) is 38.6 Å². The highest BCUT2D eigenvalue weighted by molar-refractivity contribution is 7.51. The Hall–Kier alpha value is -1.78. The van der Waals surface area contributed by atoms with E-state index in [9.17, 15) is 4.57 Å². The van der Waals surface area contributed by atoms with E-state index in [1.54, 1.807) is 11.3 Å². The fourth-order valence-electron chi connectivity index (χ4n) is 3.42. The Morgan fingerprint density at radius 1 is 0.793 bits per heavy atom. The first-order chi connectivity index (χ1) is 14.0. The first kappa shape index (κ1) is 21.9. The molecular weight excluding hydrogens is 401 g/mol. The lowest BCUT2D eigenvalue weighted by atomic mass is 10.0. The molecule has 3 rings (SSSR count). The molecule has 0 amide bonds. The molecule has 0 fully saturated rings. The quantitative estimate of drug-likeness (QED) is 0.227. The summed E-state index contributed by atoms with van der Waals surface area (Å²) < 4.78 is 13.1. The van der Waals surface area contributed by atoms with Crippen LogP contribution in [0.4, 0.5) is 0 Å². The standard InChI is InChI=1S/C23H28NO3PS/c25-28(26,27)17-6-4-2-1-3-5-15-24-16-7-9-22(19-24)20-11-13-21(14-12-20)23-10-8-18-29-23/h7-14,16,18-19H,1-6,15,17H2,(H-,25,26,27)/p+1. The second kappa shape index (κ2) is 10.8. The van der Waals surface area contributed by atoms with Gasteiger partial charge in [-0.25, -0.2) is 4.57 Å². The summed E-state index contributed by atoms with van der Waals surface area (Å²) >= 11 is 1.76. The number of hydrogen-bond donors (Lipinski definition) is 2. The van der Waals surface area contributed by atoms with Crippen molar-refractivity contribution in [2.24, 2.45) is 0 Å². The SMILES string of the molecule is O=P(O)(O)CCCCCCCC[n+]1cccc(-c2ccc(-c3cccs3)cc2)c1. The fraction of sp³-hybridized carbons (Fsp3) is 0.348. The normalized spacial score (nSPS) is 11.7. The van der Waals surface area contributed by atoms with Crippen molar-refractivity contribution in [2.75, 3.05) is 6.16 Å². The fourth-order valence-corrected chi connectivity index (χ4v) is 4.79. The van der Waals surface area contributed by atoms with Gasteiger partial charge in [0.15, 0.2) is 12.4 Å². The van der Waals surface area contributed by atoms with Crippen LogP contribution in [0.25, 0.3) is 21.6 Å². The van der Waals surface area contributed by atoms with Crippen LogP contribution in [0.2, 0.25) is 0 Å². The minimum absolute atomic E-state index is 0.0178. The Morgan fingerprint density at radius 3 is 2.17 bits per heavy atom. The zero-order valence-corrected chi connectivity index (χ0v) is 18.3. The van der Waals surface area contributed by atoms with Crippen LogP contribution in [-0.2, 0) is 11.1 Å². The van der Waals surface area contributed by atoms with E-state index < -0.39 is 7.60 Å². The van der Waals surface area contributed by atoms with Gasteiger partial charge in [-0.15, -0.1) is 11.3 Å². The minimum atomic E-state index is -3.82. The Bertz CT molecular complexity index is 920. The lowest BCUT2D eigenvalue weighted by Gasteiger charge is -2.04.